The normalized spacial score (nSPS) is 20.2. The molecule has 0 unspecified atom stereocenters. The van der Waals surface area contributed by atoms with Gasteiger partial charge in [0.25, 0.3) is 0 Å². The van der Waals surface area contributed by atoms with Crippen LogP contribution in [0.3, 0.4) is 0 Å². The molecule has 2 fully saturated rings. The summed E-state index contributed by atoms with van der Waals surface area (Å²) in [4.78, 5) is 17.3. The van der Waals surface area contributed by atoms with Gasteiger partial charge in [-0.2, -0.15) is 0 Å². The second-order valence-corrected chi connectivity index (χ2v) is 7.16. The maximum absolute atomic E-state index is 12.5. The highest BCUT2D eigenvalue weighted by Crippen LogP contribution is 2.28. The minimum atomic E-state index is 0.124. The summed E-state index contributed by atoms with van der Waals surface area (Å²) < 4.78 is 0. The van der Waals surface area contributed by atoms with Gasteiger partial charge in [-0.1, -0.05) is 37.8 Å². The van der Waals surface area contributed by atoms with Gasteiger partial charge < -0.3 is 10.2 Å². The van der Waals surface area contributed by atoms with Crippen LogP contribution in [0.4, 0.5) is 11.4 Å². The van der Waals surface area contributed by atoms with Gasteiger partial charge in [0.05, 0.1) is 17.9 Å². The summed E-state index contributed by atoms with van der Waals surface area (Å²) in [5.74, 6) is 0.124. The summed E-state index contributed by atoms with van der Waals surface area (Å²) in [6.07, 6.45) is 10.2. The second-order valence-electron chi connectivity index (χ2n) is 7.16. The molecule has 2 aliphatic heterocycles. The Morgan fingerprint density at radius 2 is 1.42 bits per heavy atom. The number of nitrogens with one attached hydrogen (secondary N) is 1. The van der Waals surface area contributed by atoms with Crippen LogP contribution in [0.1, 0.15) is 51.4 Å². The average Bonchev–Trinajstić information content (AvgIpc) is 3.00. The average molecular weight is 329 g/mol. The van der Waals surface area contributed by atoms with Crippen LogP contribution in [0, 0.1) is 0 Å². The Labute approximate surface area is 146 Å². The zero-order chi connectivity index (χ0) is 16.6. The topological polar surface area (TPSA) is 35.6 Å². The first kappa shape index (κ1) is 17.3. The highest BCUT2D eigenvalue weighted by atomic mass is 16.2. The summed E-state index contributed by atoms with van der Waals surface area (Å²) in [5, 5.41) is 3.17. The van der Waals surface area contributed by atoms with Gasteiger partial charge in [0.2, 0.25) is 5.91 Å². The van der Waals surface area contributed by atoms with Crippen molar-refractivity contribution in [1.82, 2.24) is 4.90 Å². The van der Waals surface area contributed by atoms with Crippen molar-refractivity contribution >= 4 is 17.3 Å². The maximum Gasteiger partial charge on any atom is 0.238 e. The van der Waals surface area contributed by atoms with Crippen LogP contribution in [0.2, 0.25) is 0 Å². The van der Waals surface area contributed by atoms with Crippen molar-refractivity contribution in [1.29, 1.82) is 0 Å². The molecule has 0 saturated carbocycles. The third kappa shape index (κ3) is 4.97. The van der Waals surface area contributed by atoms with Crippen LogP contribution in [0.5, 0.6) is 0 Å². The summed E-state index contributed by atoms with van der Waals surface area (Å²) in [7, 11) is 0. The molecule has 2 saturated heterocycles. The first-order valence-corrected chi connectivity index (χ1v) is 9.69. The predicted molar refractivity (Wildman–Crippen MR) is 101 cm³/mol. The Morgan fingerprint density at radius 1 is 0.833 bits per heavy atom. The van der Waals surface area contributed by atoms with E-state index in [1.54, 1.807) is 0 Å². The molecule has 3 rings (SSSR count). The molecule has 1 N–H and O–H groups in total. The van der Waals surface area contributed by atoms with Gasteiger partial charge in [-0.3, -0.25) is 9.69 Å². The van der Waals surface area contributed by atoms with E-state index in [-0.39, 0.29) is 5.91 Å². The van der Waals surface area contributed by atoms with Gasteiger partial charge in [0, 0.05) is 13.1 Å². The summed E-state index contributed by atoms with van der Waals surface area (Å²) >= 11 is 0. The quantitative estimate of drug-likeness (QED) is 0.910. The lowest BCUT2D eigenvalue weighted by molar-refractivity contribution is -0.117. The third-order valence-electron chi connectivity index (χ3n) is 5.19. The van der Waals surface area contributed by atoms with Crippen molar-refractivity contribution in [2.45, 2.75) is 51.4 Å². The smallest absolute Gasteiger partial charge is 0.238 e. The summed E-state index contributed by atoms with van der Waals surface area (Å²) in [6, 6.07) is 8.28. The summed E-state index contributed by atoms with van der Waals surface area (Å²) in [5.41, 5.74) is 2.16. The number of benzene rings is 1. The monoisotopic (exact) mass is 329 g/mol. The molecule has 132 valence electrons. The van der Waals surface area contributed by atoms with Crippen LogP contribution < -0.4 is 10.2 Å². The van der Waals surface area contributed by atoms with Crippen LogP contribution >= 0.6 is 0 Å². The third-order valence-corrected chi connectivity index (χ3v) is 5.19. The molecular weight excluding hydrogens is 298 g/mol. The van der Waals surface area contributed by atoms with E-state index in [1.165, 1.54) is 57.1 Å². The molecular formula is C20H31N3O. The molecule has 24 heavy (non-hydrogen) atoms. The van der Waals surface area contributed by atoms with E-state index in [1.807, 2.05) is 12.1 Å². The number of para-hydroxylation sites is 2. The molecule has 1 aromatic carbocycles. The molecule has 1 aromatic rings. The Hall–Kier alpha value is -1.55. The molecule has 0 aliphatic carbocycles. The molecule has 4 nitrogen and oxygen atoms in total. The lowest BCUT2D eigenvalue weighted by Gasteiger charge is -2.26. The highest BCUT2D eigenvalue weighted by Gasteiger charge is 2.17. The fourth-order valence-electron chi connectivity index (χ4n) is 3.85. The molecule has 2 aliphatic rings. The minimum absolute atomic E-state index is 0.124. The van der Waals surface area contributed by atoms with Gasteiger partial charge in [-0.05, 0) is 50.9 Å². The van der Waals surface area contributed by atoms with Crippen LogP contribution in [0.25, 0.3) is 0 Å². The number of hydrogen-bond donors (Lipinski definition) is 1. The zero-order valence-electron chi connectivity index (χ0n) is 14.8. The predicted octanol–water partition coefficient (Wildman–Crippen LogP) is 3.88. The molecule has 4 heteroatoms. The molecule has 0 aromatic heterocycles. The van der Waals surface area contributed by atoms with Crippen LogP contribution in [-0.2, 0) is 4.79 Å². The number of amides is 1. The van der Waals surface area contributed by atoms with Crippen molar-refractivity contribution < 1.29 is 4.79 Å². The number of carbonyl (C=O) groups excluding carboxylic acids is 1. The fraction of sp³-hybridized carbons (Fsp3) is 0.650. The second kappa shape index (κ2) is 9.07. The van der Waals surface area contributed by atoms with E-state index in [2.05, 4.69) is 27.2 Å². The molecule has 0 spiro atoms. The van der Waals surface area contributed by atoms with Crippen LogP contribution in [0.15, 0.2) is 24.3 Å². The van der Waals surface area contributed by atoms with Gasteiger partial charge >= 0.3 is 0 Å². The van der Waals surface area contributed by atoms with E-state index in [4.69, 9.17) is 0 Å². The van der Waals surface area contributed by atoms with Crippen molar-refractivity contribution in [2.24, 2.45) is 0 Å². The van der Waals surface area contributed by atoms with Crippen molar-refractivity contribution in [3.05, 3.63) is 24.3 Å². The Bertz CT molecular complexity index is 515. The summed E-state index contributed by atoms with van der Waals surface area (Å²) in [6.45, 7) is 4.83. The minimum Gasteiger partial charge on any atom is -0.370 e. The van der Waals surface area contributed by atoms with Gasteiger partial charge in [-0.25, -0.2) is 0 Å². The van der Waals surface area contributed by atoms with E-state index >= 15 is 0 Å². The molecule has 0 bridgehead atoms. The van der Waals surface area contributed by atoms with E-state index in [0.717, 1.165) is 31.9 Å². The van der Waals surface area contributed by atoms with E-state index < -0.39 is 0 Å². The van der Waals surface area contributed by atoms with E-state index in [0.29, 0.717) is 6.54 Å². The number of hydrogen-bond acceptors (Lipinski definition) is 3. The number of carbonyl (C=O) groups is 1. The highest BCUT2D eigenvalue weighted by molar-refractivity contribution is 5.95. The number of anilines is 2. The molecule has 2 heterocycles. The lowest BCUT2D eigenvalue weighted by atomic mass is 10.2. The van der Waals surface area contributed by atoms with Crippen LogP contribution in [-0.4, -0.2) is 43.5 Å². The SMILES string of the molecule is O=C(CN1CCCCCC1)Nc1ccccc1N1CCCCCC1. The Morgan fingerprint density at radius 3 is 2.08 bits per heavy atom. The van der Waals surface area contributed by atoms with Gasteiger partial charge in [0.1, 0.15) is 0 Å². The lowest BCUT2D eigenvalue weighted by Crippen LogP contribution is -2.34. The molecule has 0 atom stereocenters. The first-order valence-electron chi connectivity index (χ1n) is 9.69. The fourth-order valence-corrected chi connectivity index (χ4v) is 3.85. The number of nitrogens with zero attached hydrogens (tertiary/aromatic N) is 2. The Balaban J connectivity index is 1.62. The molecule has 0 radical (unpaired) electrons. The van der Waals surface area contributed by atoms with Crippen molar-refractivity contribution in [3.63, 3.8) is 0 Å². The number of likely N-dealkylation sites (tertiary alicyclic amines) is 1. The van der Waals surface area contributed by atoms with Crippen molar-refractivity contribution in [2.75, 3.05) is 42.9 Å². The molecule has 1 amide bonds. The largest absolute Gasteiger partial charge is 0.370 e. The van der Waals surface area contributed by atoms with Gasteiger partial charge in [0.15, 0.2) is 0 Å². The van der Waals surface area contributed by atoms with Gasteiger partial charge in [-0.15, -0.1) is 0 Å². The van der Waals surface area contributed by atoms with Crippen molar-refractivity contribution in [3.8, 4) is 0 Å². The van der Waals surface area contributed by atoms with E-state index in [9.17, 15) is 4.79 Å². The standard InChI is InChI=1S/C20H31N3O/c24-20(17-22-13-7-1-2-8-14-22)21-18-11-5-6-12-19(18)23-15-9-3-4-10-16-23/h5-6,11-12H,1-4,7-10,13-17H2,(H,21,24). The zero-order valence-corrected chi connectivity index (χ0v) is 14.8. The number of rotatable bonds is 4. The maximum atomic E-state index is 12.5. The first-order chi connectivity index (χ1) is 11.8. The Kier molecular flexibility index (Phi) is 6.53.